The number of rotatable bonds is 1. The van der Waals surface area contributed by atoms with Crippen molar-refractivity contribution in [1.29, 1.82) is 0 Å². The Hall–Kier alpha value is -2.03. The largest absolute Gasteiger partial charge is 0.399 e. The number of benzene rings is 1. The number of hydrogen-bond acceptors (Lipinski definition) is 2. The monoisotopic (exact) mass is 242 g/mol. The van der Waals surface area contributed by atoms with Crippen molar-refractivity contribution in [2.24, 2.45) is 0 Å². The van der Waals surface area contributed by atoms with Gasteiger partial charge in [0.05, 0.1) is 0 Å². The predicted molar refractivity (Wildman–Crippen MR) is 75.4 cm³/mol. The Balaban J connectivity index is 2.77. The van der Waals surface area contributed by atoms with E-state index in [0.717, 1.165) is 33.9 Å². The number of nitrogen functional groups attached to an aromatic ring is 1. The molecule has 0 bridgehead atoms. The number of hydrogen-bond donors (Lipinski definition) is 1. The molecule has 0 atom stereocenters. The molecule has 1 heterocycles. The van der Waals surface area contributed by atoms with E-state index in [0.29, 0.717) is 0 Å². The molecule has 3 nitrogen and oxygen atoms in total. The fourth-order valence-corrected chi connectivity index (χ4v) is 2.30. The molecule has 0 aliphatic carbocycles. The highest BCUT2D eigenvalue weighted by molar-refractivity contribution is 5.57. The summed E-state index contributed by atoms with van der Waals surface area (Å²) in [6.07, 6.45) is 0. The summed E-state index contributed by atoms with van der Waals surface area (Å²) >= 11 is 0. The molecule has 94 valence electrons. The van der Waals surface area contributed by atoms with Crippen molar-refractivity contribution >= 4 is 5.69 Å². The highest BCUT2D eigenvalue weighted by atomic mass is 16.1. The lowest BCUT2D eigenvalue weighted by Crippen LogP contribution is -2.12. The van der Waals surface area contributed by atoms with Crippen LogP contribution < -0.4 is 11.2 Å². The molecule has 18 heavy (non-hydrogen) atoms. The molecule has 2 N–H and O–H groups in total. The van der Waals surface area contributed by atoms with Crippen LogP contribution >= 0.6 is 0 Å². The average Bonchev–Trinajstić information content (AvgIpc) is 2.24. The fourth-order valence-electron chi connectivity index (χ4n) is 2.30. The van der Waals surface area contributed by atoms with Gasteiger partial charge < -0.3 is 10.3 Å². The molecule has 0 radical (unpaired) electrons. The van der Waals surface area contributed by atoms with E-state index in [1.165, 1.54) is 0 Å². The third kappa shape index (κ3) is 2.04. The van der Waals surface area contributed by atoms with Crippen molar-refractivity contribution in [2.75, 3.05) is 5.73 Å². The Morgan fingerprint density at radius 2 is 1.44 bits per heavy atom. The highest BCUT2D eigenvalue weighted by Crippen LogP contribution is 2.23. The average molecular weight is 242 g/mol. The highest BCUT2D eigenvalue weighted by Gasteiger charge is 2.08. The van der Waals surface area contributed by atoms with Crippen LogP contribution in [0.2, 0.25) is 0 Å². The van der Waals surface area contributed by atoms with Gasteiger partial charge >= 0.3 is 0 Å². The van der Waals surface area contributed by atoms with Gasteiger partial charge in [0.25, 0.3) is 0 Å². The summed E-state index contributed by atoms with van der Waals surface area (Å²) in [5, 5.41) is 0. The van der Waals surface area contributed by atoms with Gasteiger partial charge in [-0.25, -0.2) is 0 Å². The van der Waals surface area contributed by atoms with Crippen molar-refractivity contribution in [2.45, 2.75) is 27.7 Å². The smallest absolute Gasteiger partial charge is 0.182 e. The van der Waals surface area contributed by atoms with Crippen molar-refractivity contribution in [3.8, 4) is 5.69 Å². The van der Waals surface area contributed by atoms with Gasteiger partial charge in [-0.15, -0.1) is 0 Å². The quantitative estimate of drug-likeness (QED) is 0.781. The van der Waals surface area contributed by atoms with E-state index in [4.69, 9.17) is 5.73 Å². The Kier molecular flexibility index (Phi) is 2.99. The lowest BCUT2D eigenvalue weighted by Gasteiger charge is -2.18. The summed E-state index contributed by atoms with van der Waals surface area (Å²) < 4.78 is 2.09. The van der Waals surface area contributed by atoms with Crippen LogP contribution in [0.3, 0.4) is 0 Å². The molecule has 0 aliphatic rings. The summed E-state index contributed by atoms with van der Waals surface area (Å²) in [6, 6.07) is 7.34. The van der Waals surface area contributed by atoms with E-state index in [2.05, 4.69) is 10.6 Å². The molecule has 0 fully saturated rings. The zero-order valence-corrected chi connectivity index (χ0v) is 11.2. The second-order valence-electron chi connectivity index (χ2n) is 4.80. The Bertz CT molecular complexity index is 643. The van der Waals surface area contributed by atoms with Crippen LogP contribution in [0.5, 0.6) is 0 Å². The number of pyridine rings is 1. The SMILES string of the molecule is Cc1cc(-n2c(C)cc(=O)cc2C)c(C)cc1N. The number of anilines is 1. The number of aromatic nitrogens is 1. The standard InChI is InChI=1S/C15H18N2O/c1-9-6-15(10(2)5-14(9)16)17-11(3)7-13(18)8-12(17)4/h5-8H,16H2,1-4H3. The molecule has 0 spiro atoms. The van der Waals surface area contributed by atoms with E-state index >= 15 is 0 Å². The van der Waals surface area contributed by atoms with Crippen LogP contribution in [0, 0.1) is 27.7 Å². The minimum Gasteiger partial charge on any atom is -0.399 e. The zero-order valence-electron chi connectivity index (χ0n) is 11.2. The van der Waals surface area contributed by atoms with Gasteiger partial charge in [0.2, 0.25) is 0 Å². The first-order chi connectivity index (χ1) is 8.40. The summed E-state index contributed by atoms with van der Waals surface area (Å²) in [7, 11) is 0. The number of nitrogens with zero attached hydrogens (tertiary/aromatic N) is 1. The van der Waals surface area contributed by atoms with Gasteiger partial charge in [-0.2, -0.15) is 0 Å². The summed E-state index contributed by atoms with van der Waals surface area (Å²) in [6.45, 7) is 7.91. The molecule has 3 heteroatoms. The first-order valence-corrected chi connectivity index (χ1v) is 5.97. The van der Waals surface area contributed by atoms with E-state index in [9.17, 15) is 4.79 Å². The van der Waals surface area contributed by atoms with Crippen molar-refractivity contribution in [1.82, 2.24) is 4.57 Å². The molecule has 1 aromatic carbocycles. The minimum absolute atomic E-state index is 0.0473. The summed E-state index contributed by atoms with van der Waals surface area (Å²) in [5.74, 6) is 0. The Labute approximate surface area is 107 Å². The molecule has 1 aromatic heterocycles. The maximum atomic E-state index is 11.5. The lowest BCUT2D eigenvalue weighted by molar-refractivity contribution is 0.912. The molecule has 0 saturated heterocycles. The minimum atomic E-state index is 0.0473. The second kappa shape index (κ2) is 4.33. The van der Waals surface area contributed by atoms with Gasteiger partial charge in [0.1, 0.15) is 0 Å². The normalized spacial score (nSPS) is 10.7. The van der Waals surface area contributed by atoms with E-state index in [1.807, 2.05) is 33.8 Å². The van der Waals surface area contributed by atoms with E-state index in [1.54, 1.807) is 12.1 Å². The maximum absolute atomic E-state index is 11.5. The molecule has 0 amide bonds. The van der Waals surface area contributed by atoms with Crippen LogP contribution in [0.1, 0.15) is 22.5 Å². The molecule has 0 aliphatic heterocycles. The van der Waals surface area contributed by atoms with Crippen LogP contribution in [0.25, 0.3) is 5.69 Å². The van der Waals surface area contributed by atoms with Crippen LogP contribution in [-0.2, 0) is 0 Å². The van der Waals surface area contributed by atoms with Gasteiger partial charge in [0.15, 0.2) is 5.43 Å². The number of nitrogens with two attached hydrogens (primary N) is 1. The van der Waals surface area contributed by atoms with Gasteiger partial charge in [-0.3, -0.25) is 4.79 Å². The zero-order chi connectivity index (χ0) is 13.4. The first-order valence-electron chi connectivity index (χ1n) is 5.97. The van der Waals surface area contributed by atoms with Gasteiger partial charge in [-0.1, -0.05) is 0 Å². The molecule has 0 unspecified atom stereocenters. The Morgan fingerprint density at radius 1 is 0.889 bits per heavy atom. The summed E-state index contributed by atoms with van der Waals surface area (Å²) in [5.41, 5.74) is 11.9. The molecular formula is C15H18N2O. The Morgan fingerprint density at radius 3 is 2.00 bits per heavy atom. The number of aryl methyl sites for hydroxylation is 4. The van der Waals surface area contributed by atoms with Crippen molar-refractivity contribution < 1.29 is 0 Å². The van der Waals surface area contributed by atoms with Crippen LogP contribution in [0.15, 0.2) is 29.1 Å². The van der Waals surface area contributed by atoms with Crippen molar-refractivity contribution in [3.63, 3.8) is 0 Å². The third-order valence-electron chi connectivity index (χ3n) is 3.23. The van der Waals surface area contributed by atoms with Gasteiger partial charge in [-0.05, 0) is 51.0 Å². The molecule has 0 saturated carbocycles. The molecular weight excluding hydrogens is 224 g/mol. The second-order valence-corrected chi connectivity index (χ2v) is 4.80. The lowest BCUT2D eigenvalue weighted by atomic mass is 10.1. The third-order valence-corrected chi connectivity index (χ3v) is 3.23. The molecule has 2 aromatic rings. The maximum Gasteiger partial charge on any atom is 0.182 e. The first kappa shape index (κ1) is 12.4. The van der Waals surface area contributed by atoms with Crippen LogP contribution in [-0.4, -0.2) is 4.57 Å². The van der Waals surface area contributed by atoms with Gasteiger partial charge in [0, 0.05) is 34.9 Å². The molecule has 2 rings (SSSR count). The predicted octanol–water partition coefficient (Wildman–Crippen LogP) is 2.65. The van der Waals surface area contributed by atoms with E-state index in [-0.39, 0.29) is 5.43 Å². The van der Waals surface area contributed by atoms with Crippen molar-refractivity contribution in [3.05, 3.63) is 57.0 Å². The topological polar surface area (TPSA) is 48.0 Å². The van der Waals surface area contributed by atoms with E-state index < -0.39 is 0 Å². The van der Waals surface area contributed by atoms with Crippen LogP contribution in [0.4, 0.5) is 5.69 Å². The summed E-state index contributed by atoms with van der Waals surface area (Å²) in [4.78, 5) is 11.5. The fraction of sp³-hybridized carbons (Fsp3) is 0.267.